The largest absolute Gasteiger partial charge is 0.355 e. The number of amides is 1. The normalized spacial score (nSPS) is 29.0. The molecule has 21 heavy (non-hydrogen) atoms. The van der Waals surface area contributed by atoms with Gasteiger partial charge in [0.25, 0.3) is 0 Å². The summed E-state index contributed by atoms with van der Waals surface area (Å²) in [5.74, 6) is 1.17. The number of rotatable bonds is 5. The predicted octanol–water partition coefficient (Wildman–Crippen LogP) is 1.90. The Morgan fingerprint density at radius 1 is 1.05 bits per heavy atom. The van der Waals surface area contributed by atoms with Crippen LogP contribution in [0.1, 0.15) is 57.8 Å². The van der Waals surface area contributed by atoms with E-state index in [4.69, 9.17) is 0 Å². The molecule has 4 nitrogen and oxygen atoms in total. The molecule has 1 amide bonds. The van der Waals surface area contributed by atoms with Gasteiger partial charge in [0.2, 0.25) is 5.91 Å². The second kappa shape index (κ2) is 7.59. The van der Waals surface area contributed by atoms with E-state index in [1.54, 1.807) is 0 Å². The van der Waals surface area contributed by atoms with E-state index in [0.29, 0.717) is 11.9 Å². The topological polar surface area (TPSA) is 44.4 Å². The third-order valence-electron chi connectivity index (χ3n) is 5.70. The van der Waals surface area contributed by atoms with Crippen LogP contribution in [-0.2, 0) is 4.79 Å². The van der Waals surface area contributed by atoms with Gasteiger partial charge in [-0.15, -0.1) is 0 Å². The molecule has 2 saturated heterocycles. The Labute approximate surface area is 129 Å². The van der Waals surface area contributed by atoms with E-state index in [2.05, 4.69) is 15.5 Å². The highest BCUT2D eigenvalue weighted by Gasteiger charge is 2.35. The minimum absolute atomic E-state index is 0.150. The summed E-state index contributed by atoms with van der Waals surface area (Å²) in [5.41, 5.74) is 0. The van der Waals surface area contributed by atoms with Crippen LogP contribution in [0.4, 0.5) is 0 Å². The van der Waals surface area contributed by atoms with Crippen LogP contribution in [-0.4, -0.2) is 49.1 Å². The molecular formula is C17H31N3O. The van der Waals surface area contributed by atoms with Gasteiger partial charge in [-0.2, -0.15) is 0 Å². The van der Waals surface area contributed by atoms with Crippen LogP contribution >= 0.6 is 0 Å². The van der Waals surface area contributed by atoms with Crippen molar-refractivity contribution in [2.45, 2.75) is 69.9 Å². The van der Waals surface area contributed by atoms with E-state index in [1.807, 2.05) is 0 Å². The molecule has 0 aromatic carbocycles. The Morgan fingerprint density at radius 3 is 2.57 bits per heavy atom. The van der Waals surface area contributed by atoms with Crippen molar-refractivity contribution in [3.63, 3.8) is 0 Å². The number of piperidine rings is 1. The van der Waals surface area contributed by atoms with E-state index in [0.717, 1.165) is 38.5 Å². The van der Waals surface area contributed by atoms with Gasteiger partial charge in [-0.25, -0.2) is 0 Å². The smallest absolute Gasteiger partial charge is 0.237 e. The third-order valence-corrected chi connectivity index (χ3v) is 5.70. The van der Waals surface area contributed by atoms with Gasteiger partial charge >= 0.3 is 0 Å². The highest BCUT2D eigenvalue weighted by molar-refractivity contribution is 5.82. The molecule has 0 radical (unpaired) electrons. The van der Waals surface area contributed by atoms with Gasteiger partial charge < -0.3 is 10.6 Å². The molecule has 2 aliphatic heterocycles. The quantitative estimate of drug-likeness (QED) is 0.814. The summed E-state index contributed by atoms with van der Waals surface area (Å²) in [6, 6.07) is 0.774. The molecule has 1 unspecified atom stereocenters. The minimum atomic E-state index is 0.150. The average molecular weight is 293 g/mol. The fraction of sp³-hybridized carbons (Fsp3) is 0.941. The van der Waals surface area contributed by atoms with E-state index in [9.17, 15) is 4.79 Å². The van der Waals surface area contributed by atoms with Crippen molar-refractivity contribution in [1.82, 2.24) is 15.5 Å². The maximum absolute atomic E-state index is 12.5. The lowest BCUT2D eigenvalue weighted by molar-refractivity contribution is -0.126. The maximum Gasteiger partial charge on any atom is 0.237 e. The fourth-order valence-corrected chi connectivity index (χ4v) is 4.46. The SMILES string of the molecule is O=C(NCCC1CCCC1)C1CCCN1C1CCNCC1. The zero-order valence-corrected chi connectivity index (χ0v) is 13.3. The number of hydrogen-bond donors (Lipinski definition) is 2. The Morgan fingerprint density at radius 2 is 1.81 bits per heavy atom. The summed E-state index contributed by atoms with van der Waals surface area (Å²) < 4.78 is 0. The maximum atomic E-state index is 12.5. The Bertz CT molecular complexity index is 335. The lowest BCUT2D eigenvalue weighted by Gasteiger charge is -2.35. The molecule has 1 atom stereocenters. The molecule has 4 heteroatoms. The third kappa shape index (κ3) is 3.98. The van der Waals surface area contributed by atoms with Crippen molar-refractivity contribution in [2.24, 2.45) is 5.92 Å². The van der Waals surface area contributed by atoms with Crippen LogP contribution in [0, 0.1) is 5.92 Å². The van der Waals surface area contributed by atoms with Crippen molar-refractivity contribution in [3.05, 3.63) is 0 Å². The van der Waals surface area contributed by atoms with Crippen LogP contribution in [0.5, 0.6) is 0 Å². The second-order valence-corrected chi connectivity index (χ2v) is 7.11. The molecule has 0 aromatic rings. The zero-order valence-electron chi connectivity index (χ0n) is 13.3. The van der Waals surface area contributed by atoms with Crippen LogP contribution in [0.15, 0.2) is 0 Å². The summed E-state index contributed by atoms with van der Waals surface area (Å²) in [6.07, 6.45) is 11.4. The zero-order chi connectivity index (χ0) is 14.5. The lowest BCUT2D eigenvalue weighted by atomic mass is 10.0. The first-order chi connectivity index (χ1) is 10.3. The molecule has 0 spiro atoms. The van der Waals surface area contributed by atoms with Crippen LogP contribution in [0.3, 0.4) is 0 Å². The molecule has 2 N–H and O–H groups in total. The summed E-state index contributed by atoms with van der Waals surface area (Å²) in [7, 11) is 0. The monoisotopic (exact) mass is 293 g/mol. The first kappa shape index (κ1) is 15.3. The fourth-order valence-electron chi connectivity index (χ4n) is 4.46. The molecule has 120 valence electrons. The number of carbonyl (C=O) groups excluding carboxylic acids is 1. The van der Waals surface area contributed by atoms with E-state index >= 15 is 0 Å². The Hall–Kier alpha value is -0.610. The molecule has 1 saturated carbocycles. The van der Waals surface area contributed by atoms with Crippen molar-refractivity contribution in [2.75, 3.05) is 26.2 Å². The van der Waals surface area contributed by atoms with Crippen LogP contribution in [0.2, 0.25) is 0 Å². The summed E-state index contributed by atoms with van der Waals surface area (Å²) >= 11 is 0. The van der Waals surface area contributed by atoms with Crippen molar-refractivity contribution < 1.29 is 4.79 Å². The molecule has 1 aliphatic carbocycles. The molecule has 2 heterocycles. The van der Waals surface area contributed by atoms with Gasteiger partial charge in [-0.1, -0.05) is 25.7 Å². The predicted molar refractivity (Wildman–Crippen MR) is 85.2 cm³/mol. The van der Waals surface area contributed by atoms with E-state index in [-0.39, 0.29) is 6.04 Å². The van der Waals surface area contributed by atoms with Crippen LogP contribution < -0.4 is 10.6 Å². The van der Waals surface area contributed by atoms with E-state index < -0.39 is 0 Å². The second-order valence-electron chi connectivity index (χ2n) is 7.11. The minimum Gasteiger partial charge on any atom is -0.355 e. The lowest BCUT2D eigenvalue weighted by Crippen LogP contribution is -2.50. The van der Waals surface area contributed by atoms with Gasteiger partial charge in [0.1, 0.15) is 0 Å². The van der Waals surface area contributed by atoms with Gasteiger partial charge in [-0.3, -0.25) is 9.69 Å². The van der Waals surface area contributed by atoms with Crippen molar-refractivity contribution >= 4 is 5.91 Å². The highest BCUT2D eigenvalue weighted by atomic mass is 16.2. The number of hydrogen-bond acceptors (Lipinski definition) is 3. The Balaban J connectivity index is 1.43. The molecule has 3 aliphatic rings. The van der Waals surface area contributed by atoms with Gasteiger partial charge in [0, 0.05) is 12.6 Å². The molecule has 3 rings (SSSR count). The molecule has 0 aromatic heterocycles. The number of nitrogens with zero attached hydrogens (tertiary/aromatic N) is 1. The number of nitrogens with one attached hydrogen (secondary N) is 2. The Kier molecular flexibility index (Phi) is 5.53. The van der Waals surface area contributed by atoms with Gasteiger partial charge in [0.15, 0.2) is 0 Å². The van der Waals surface area contributed by atoms with Crippen LogP contribution in [0.25, 0.3) is 0 Å². The van der Waals surface area contributed by atoms with Crippen molar-refractivity contribution in [3.8, 4) is 0 Å². The average Bonchev–Trinajstić information content (AvgIpc) is 3.19. The van der Waals surface area contributed by atoms with Gasteiger partial charge in [-0.05, 0) is 57.7 Å². The molecule has 0 bridgehead atoms. The summed E-state index contributed by atoms with van der Waals surface area (Å²) in [5, 5.41) is 6.64. The molecule has 3 fully saturated rings. The summed E-state index contributed by atoms with van der Waals surface area (Å²) in [6.45, 7) is 4.22. The number of carbonyl (C=O) groups is 1. The van der Waals surface area contributed by atoms with Crippen molar-refractivity contribution in [1.29, 1.82) is 0 Å². The molecular weight excluding hydrogens is 262 g/mol. The standard InChI is InChI=1S/C17H31N3O/c21-17(19-12-7-14-4-1-2-5-14)16-6-3-13-20(16)15-8-10-18-11-9-15/h14-16,18H,1-13H2,(H,19,21). The summed E-state index contributed by atoms with van der Waals surface area (Å²) in [4.78, 5) is 15.0. The number of likely N-dealkylation sites (tertiary alicyclic amines) is 1. The van der Waals surface area contributed by atoms with E-state index in [1.165, 1.54) is 51.4 Å². The van der Waals surface area contributed by atoms with Gasteiger partial charge in [0.05, 0.1) is 6.04 Å². The highest BCUT2D eigenvalue weighted by Crippen LogP contribution is 2.27. The first-order valence-corrected chi connectivity index (χ1v) is 9.09. The first-order valence-electron chi connectivity index (χ1n) is 9.09.